The molecule has 0 unspecified atom stereocenters. The molecule has 147 heavy (non-hydrogen) atoms. The molecule has 0 aliphatic carbocycles. The quantitative estimate of drug-likeness (QED) is 0.155. The Balaban J connectivity index is 0.0000000982. The third kappa shape index (κ3) is 12.4. The Hall–Kier alpha value is -18.9. The van der Waals surface area contributed by atoms with Crippen LogP contribution in [0.5, 0.6) is 0 Å². The van der Waals surface area contributed by atoms with Crippen molar-refractivity contribution in [3.05, 3.63) is 449 Å². The third-order valence-electron chi connectivity index (χ3n) is 30.1. The molecular weight excluding hydrogens is 1850 g/mol. The normalized spacial score (nSPS) is 12.2. The number of benzene rings is 22. The van der Waals surface area contributed by atoms with Crippen molar-refractivity contribution in [3.63, 3.8) is 0 Å². The molecule has 0 saturated carbocycles. The van der Waals surface area contributed by atoms with Crippen molar-refractivity contribution in [1.29, 1.82) is 0 Å². The lowest BCUT2D eigenvalue weighted by Crippen LogP contribution is -2.03. The van der Waals surface area contributed by atoms with Crippen molar-refractivity contribution in [2.45, 2.75) is 0 Å². The van der Waals surface area contributed by atoms with E-state index in [-0.39, 0.29) is 0 Å². The summed E-state index contributed by atoms with van der Waals surface area (Å²) in [6.45, 7) is 0. The van der Waals surface area contributed by atoms with Gasteiger partial charge in [-0.1, -0.05) is 297 Å². The second-order valence-electron chi connectivity index (χ2n) is 38.1. The van der Waals surface area contributed by atoms with Crippen LogP contribution in [-0.4, -0.2) is 48.2 Å². The molecule has 34 aromatic rings. The summed E-state index contributed by atoms with van der Waals surface area (Å²) in [5.74, 6) is 1.93. The minimum Gasteiger partial charge on any atom is -0.456 e. The SMILES string of the molecule is c1ccc(-n2c3ccccc3c3cc4c(cc32)c2ccccc2n4-c2nc(-c3cccc4sc5cc6ccccc6cc5c34)c3ccccc3n2)cc1.c1ccc2cc3c(cc2c1)sc1cccc(-c2nc(-n4c5ccccc5c5cc6c(cc54)oc4ccccc46)nc4ccccc24)c13.c1ccc2cc3c(cc2c1)sc1cccc(-c2nc(-n4c5ccccc5c5ccc6c7ccccc7oc6c54)nc4ccccc24)c13. The largest absolute Gasteiger partial charge is 0.456 e. The topological polar surface area (TPSA) is 123 Å². The van der Waals surface area contributed by atoms with E-state index in [0.29, 0.717) is 17.8 Å². The fourth-order valence-corrected chi connectivity index (χ4v) is 27.1. The van der Waals surface area contributed by atoms with Crippen LogP contribution < -0.4 is 0 Å². The van der Waals surface area contributed by atoms with Crippen LogP contribution in [0.1, 0.15) is 0 Å². The van der Waals surface area contributed by atoms with Crippen molar-refractivity contribution in [3.8, 4) is 57.3 Å². The average Bonchev–Trinajstić information content (AvgIpc) is 1.55. The second-order valence-corrected chi connectivity index (χ2v) is 41.4. The predicted octanol–water partition coefficient (Wildman–Crippen LogP) is 36.6. The van der Waals surface area contributed by atoms with Crippen LogP contribution in [0.25, 0.3) is 314 Å². The number of furan rings is 2. The molecular formula is C132H74N10O2S3. The molecule has 34 rings (SSSR count). The zero-order valence-electron chi connectivity index (χ0n) is 78.2. The molecule has 0 aliphatic heterocycles. The Kier molecular flexibility index (Phi) is 17.7. The first-order chi connectivity index (χ1) is 72.9. The first kappa shape index (κ1) is 81.8. The third-order valence-corrected chi connectivity index (χ3v) is 33.4. The van der Waals surface area contributed by atoms with Gasteiger partial charge in [-0.3, -0.25) is 13.7 Å². The van der Waals surface area contributed by atoms with Crippen molar-refractivity contribution in [2.75, 3.05) is 0 Å². The van der Waals surface area contributed by atoms with Crippen molar-refractivity contribution >= 4 is 291 Å². The van der Waals surface area contributed by atoms with Crippen molar-refractivity contribution in [1.82, 2.24) is 48.2 Å². The Morgan fingerprint density at radius 2 is 0.503 bits per heavy atom. The van der Waals surface area contributed by atoms with Crippen LogP contribution in [0.3, 0.4) is 0 Å². The van der Waals surface area contributed by atoms with Gasteiger partial charge in [0.2, 0.25) is 17.8 Å². The standard InChI is InChI=1S/C48H28N4S.2C42H23N3OS/c1-2-15-31(16-3-1)51-40-22-10-7-17-32(40)36-28-43-37(27-42(36)51)33-18-8-11-23-41(33)52(43)48-49-39-21-9-6-19-34(39)47(50-48)35-20-12-24-44-46(35)38-25-29-13-4-5-14-30(29)26-45(38)53-44;1-2-11-25-21-39-32(20-24(25)10-1)40-29(15-9-19-38(40)47-39)41-28-14-3-6-16-33(28)43-42(44-41)45-34-17-7-4-12-26(34)30-22-31-27-13-5-8-18-36(27)46-37(31)23-35(30)45;1-2-11-25-23-37-32(22-24(25)10-1)38-31(15-9-19-36(38)47-37)39-30-14-3-6-16-33(30)43-42(44-39)45-34-17-7-4-12-26(34)28-20-21-29-27-13-5-8-18-35(27)46-41(29)40(28)45/h1-28H;2*1-23H. The van der Waals surface area contributed by atoms with Gasteiger partial charge in [0.25, 0.3) is 0 Å². The zero-order valence-corrected chi connectivity index (χ0v) is 80.7. The van der Waals surface area contributed by atoms with Crippen LogP contribution >= 0.6 is 34.0 Å². The maximum Gasteiger partial charge on any atom is 0.235 e. The van der Waals surface area contributed by atoms with Crippen LogP contribution in [0.4, 0.5) is 0 Å². The van der Waals surface area contributed by atoms with Gasteiger partial charge in [0.15, 0.2) is 5.58 Å². The molecule has 0 saturated heterocycles. The Morgan fingerprint density at radius 3 is 0.952 bits per heavy atom. The number of hydrogen-bond acceptors (Lipinski definition) is 11. The molecule has 15 heteroatoms. The fraction of sp³-hybridized carbons (Fsp3) is 0. The highest BCUT2D eigenvalue weighted by Gasteiger charge is 2.29. The summed E-state index contributed by atoms with van der Waals surface area (Å²) in [7, 11) is 0. The maximum atomic E-state index is 6.62. The van der Waals surface area contributed by atoms with Crippen molar-refractivity contribution in [2.24, 2.45) is 0 Å². The first-order valence-corrected chi connectivity index (χ1v) is 51.9. The van der Waals surface area contributed by atoms with E-state index in [2.05, 4.69) is 443 Å². The molecule has 22 aromatic carbocycles. The lowest BCUT2D eigenvalue weighted by Gasteiger charge is -2.13. The van der Waals surface area contributed by atoms with Crippen LogP contribution in [0.2, 0.25) is 0 Å². The number of rotatable bonds is 7. The molecule has 682 valence electrons. The molecule has 0 spiro atoms. The maximum absolute atomic E-state index is 6.62. The lowest BCUT2D eigenvalue weighted by atomic mass is 9.99. The summed E-state index contributed by atoms with van der Waals surface area (Å²) in [4.78, 5) is 32.3. The molecule has 12 aromatic heterocycles. The molecule has 0 N–H and O–H groups in total. The van der Waals surface area contributed by atoms with Gasteiger partial charge in [0.1, 0.15) is 22.3 Å². The summed E-state index contributed by atoms with van der Waals surface area (Å²) >= 11 is 5.53. The van der Waals surface area contributed by atoms with E-state index in [0.717, 1.165) is 171 Å². The lowest BCUT2D eigenvalue weighted by molar-refractivity contribution is 0.669. The molecule has 0 radical (unpaired) electrons. The Labute approximate surface area is 847 Å². The number of thiophene rings is 3. The summed E-state index contributed by atoms with van der Waals surface area (Å²) in [5.41, 5.74) is 22.1. The van der Waals surface area contributed by atoms with Gasteiger partial charge in [0.05, 0.1) is 72.2 Å². The number of hydrogen-bond donors (Lipinski definition) is 0. The van der Waals surface area contributed by atoms with Gasteiger partial charge in [-0.05, 0) is 178 Å². The van der Waals surface area contributed by atoms with E-state index >= 15 is 0 Å². The van der Waals surface area contributed by atoms with Crippen LogP contribution in [0, 0.1) is 0 Å². The van der Waals surface area contributed by atoms with E-state index in [4.69, 9.17) is 38.7 Å². The highest BCUT2D eigenvalue weighted by atomic mass is 32.1. The summed E-state index contributed by atoms with van der Waals surface area (Å²) in [5, 5.41) is 31.8. The molecule has 0 amide bonds. The number of aromatic nitrogens is 10. The predicted molar refractivity (Wildman–Crippen MR) is 618 cm³/mol. The molecule has 12 nitrogen and oxygen atoms in total. The average molecular weight is 1930 g/mol. The summed E-state index contributed by atoms with van der Waals surface area (Å²) < 4.78 is 29.6. The minimum atomic E-state index is 0.625. The van der Waals surface area contributed by atoms with E-state index in [9.17, 15) is 0 Å². The molecule has 12 heterocycles. The van der Waals surface area contributed by atoms with Gasteiger partial charge in [-0.2, -0.15) is 0 Å². The number of fused-ring (bicyclic) bond motifs is 34. The van der Waals surface area contributed by atoms with Crippen LogP contribution in [0.15, 0.2) is 458 Å². The van der Waals surface area contributed by atoms with Gasteiger partial charge in [-0.25, -0.2) is 29.9 Å². The van der Waals surface area contributed by atoms with E-state index in [1.54, 1.807) is 0 Å². The Bertz CT molecular complexity index is 11700. The monoisotopic (exact) mass is 1930 g/mol. The van der Waals surface area contributed by atoms with Gasteiger partial charge in [0, 0.05) is 170 Å². The second kappa shape index (κ2) is 31.8. The zero-order chi connectivity index (χ0) is 95.9. The van der Waals surface area contributed by atoms with Crippen LogP contribution in [-0.2, 0) is 0 Å². The molecule has 0 fully saturated rings. The molecule has 0 aliphatic rings. The summed E-state index contributed by atoms with van der Waals surface area (Å²) in [6, 6.07) is 160. The van der Waals surface area contributed by atoms with E-state index in [1.165, 1.54) is 125 Å². The summed E-state index contributed by atoms with van der Waals surface area (Å²) in [6.07, 6.45) is 0. The number of para-hydroxylation sites is 10. The fourth-order valence-electron chi connectivity index (χ4n) is 23.6. The van der Waals surface area contributed by atoms with E-state index in [1.807, 2.05) is 58.3 Å². The molecule has 0 atom stereocenters. The van der Waals surface area contributed by atoms with Gasteiger partial charge >= 0.3 is 0 Å². The highest BCUT2D eigenvalue weighted by molar-refractivity contribution is 7.27. The smallest absolute Gasteiger partial charge is 0.235 e. The Morgan fingerprint density at radius 1 is 0.177 bits per heavy atom. The van der Waals surface area contributed by atoms with Crippen molar-refractivity contribution < 1.29 is 8.83 Å². The van der Waals surface area contributed by atoms with E-state index < -0.39 is 0 Å². The highest BCUT2D eigenvalue weighted by Crippen LogP contribution is 2.51. The molecule has 0 bridgehead atoms. The first-order valence-electron chi connectivity index (χ1n) is 49.4. The number of nitrogens with zero attached hydrogens (tertiary/aromatic N) is 10. The van der Waals surface area contributed by atoms with Gasteiger partial charge in [-0.15, -0.1) is 34.0 Å². The minimum absolute atomic E-state index is 0.625. The van der Waals surface area contributed by atoms with Gasteiger partial charge < -0.3 is 13.4 Å².